The SMILES string of the molecule is CCCc1nc(C2CN(CC)CCO2)sc1C(=O)O. The molecule has 1 aromatic rings. The number of aryl methyl sites for hydroxylation is 1. The fraction of sp³-hybridized carbons (Fsp3) is 0.692. The number of hydrogen-bond acceptors (Lipinski definition) is 5. The molecule has 1 aliphatic rings. The predicted octanol–water partition coefficient (Wildman–Crippen LogP) is 2.19. The highest BCUT2D eigenvalue weighted by molar-refractivity contribution is 7.13. The molecular formula is C13H20N2O3S. The van der Waals surface area contributed by atoms with Crippen molar-refractivity contribution in [2.45, 2.75) is 32.8 Å². The summed E-state index contributed by atoms with van der Waals surface area (Å²) < 4.78 is 5.74. The molecule has 1 atom stereocenters. The van der Waals surface area contributed by atoms with E-state index in [1.807, 2.05) is 6.92 Å². The number of hydrogen-bond donors (Lipinski definition) is 1. The van der Waals surface area contributed by atoms with Crippen LogP contribution in [0.15, 0.2) is 0 Å². The van der Waals surface area contributed by atoms with E-state index in [2.05, 4.69) is 16.8 Å². The van der Waals surface area contributed by atoms with Gasteiger partial charge in [-0.05, 0) is 13.0 Å². The molecule has 5 nitrogen and oxygen atoms in total. The number of carboxylic acids is 1. The molecule has 1 aliphatic heterocycles. The summed E-state index contributed by atoms with van der Waals surface area (Å²) in [6, 6.07) is 0. The topological polar surface area (TPSA) is 62.7 Å². The minimum absolute atomic E-state index is 0.0811. The third kappa shape index (κ3) is 3.32. The van der Waals surface area contributed by atoms with E-state index < -0.39 is 5.97 Å². The van der Waals surface area contributed by atoms with Crippen molar-refractivity contribution < 1.29 is 14.6 Å². The van der Waals surface area contributed by atoms with E-state index in [-0.39, 0.29) is 6.10 Å². The molecule has 6 heteroatoms. The lowest BCUT2D eigenvalue weighted by atomic mass is 10.2. The van der Waals surface area contributed by atoms with Gasteiger partial charge in [-0.25, -0.2) is 9.78 Å². The highest BCUT2D eigenvalue weighted by Crippen LogP contribution is 2.29. The Balaban J connectivity index is 2.19. The zero-order valence-electron chi connectivity index (χ0n) is 11.4. The maximum absolute atomic E-state index is 11.2. The van der Waals surface area contributed by atoms with Crippen molar-refractivity contribution in [2.75, 3.05) is 26.2 Å². The number of nitrogens with zero attached hydrogens (tertiary/aromatic N) is 2. The summed E-state index contributed by atoms with van der Waals surface area (Å²) >= 11 is 1.26. The lowest BCUT2D eigenvalue weighted by molar-refractivity contribution is -0.0283. The van der Waals surface area contributed by atoms with E-state index in [4.69, 9.17) is 4.74 Å². The first-order chi connectivity index (χ1) is 9.15. The van der Waals surface area contributed by atoms with Crippen LogP contribution in [0.5, 0.6) is 0 Å². The van der Waals surface area contributed by atoms with E-state index in [1.54, 1.807) is 0 Å². The number of aromatic nitrogens is 1. The standard InChI is InChI=1S/C13H20N2O3S/c1-3-5-9-11(13(16)17)19-12(14-9)10-8-15(4-2)6-7-18-10/h10H,3-8H2,1-2H3,(H,16,17). The molecular weight excluding hydrogens is 264 g/mol. The molecule has 0 aromatic carbocycles. The molecule has 0 amide bonds. The van der Waals surface area contributed by atoms with Gasteiger partial charge in [0.05, 0.1) is 12.3 Å². The van der Waals surface area contributed by atoms with E-state index in [0.29, 0.717) is 23.6 Å². The number of carboxylic acid groups (broad SMARTS) is 1. The fourth-order valence-electron chi connectivity index (χ4n) is 2.22. The van der Waals surface area contributed by atoms with Crippen LogP contribution in [0, 0.1) is 0 Å². The van der Waals surface area contributed by atoms with Crippen molar-refractivity contribution >= 4 is 17.3 Å². The van der Waals surface area contributed by atoms with Crippen molar-refractivity contribution in [1.82, 2.24) is 9.88 Å². The molecule has 1 N–H and O–H groups in total. The summed E-state index contributed by atoms with van der Waals surface area (Å²) in [5, 5.41) is 10.0. The van der Waals surface area contributed by atoms with Crippen LogP contribution in [0.3, 0.4) is 0 Å². The molecule has 2 heterocycles. The van der Waals surface area contributed by atoms with E-state index in [0.717, 1.165) is 31.1 Å². The van der Waals surface area contributed by atoms with Gasteiger partial charge in [0.1, 0.15) is 16.0 Å². The second kappa shape index (κ2) is 6.45. The molecule has 0 aliphatic carbocycles. The lowest BCUT2D eigenvalue weighted by Gasteiger charge is -2.30. The molecule has 0 bridgehead atoms. The molecule has 1 aromatic heterocycles. The Hall–Kier alpha value is -0.980. The minimum Gasteiger partial charge on any atom is -0.477 e. The first-order valence-corrected chi connectivity index (χ1v) is 7.54. The Morgan fingerprint density at radius 1 is 1.58 bits per heavy atom. The number of likely N-dealkylation sites (N-methyl/N-ethyl adjacent to an activating group) is 1. The van der Waals surface area contributed by atoms with Gasteiger partial charge in [0, 0.05) is 13.1 Å². The van der Waals surface area contributed by atoms with Gasteiger partial charge in [0.25, 0.3) is 0 Å². The van der Waals surface area contributed by atoms with Crippen molar-refractivity contribution in [2.24, 2.45) is 0 Å². The Kier molecular flexibility index (Phi) is 4.90. The Bertz CT molecular complexity index is 447. The molecule has 0 spiro atoms. The third-order valence-electron chi connectivity index (χ3n) is 3.27. The van der Waals surface area contributed by atoms with E-state index >= 15 is 0 Å². The van der Waals surface area contributed by atoms with Gasteiger partial charge < -0.3 is 9.84 Å². The largest absolute Gasteiger partial charge is 0.477 e. The summed E-state index contributed by atoms with van der Waals surface area (Å²) in [5.74, 6) is -0.879. The lowest BCUT2D eigenvalue weighted by Crippen LogP contribution is -2.38. The van der Waals surface area contributed by atoms with Crippen LogP contribution >= 0.6 is 11.3 Å². The molecule has 0 saturated carbocycles. The normalized spacial score (nSPS) is 20.6. The second-order valence-corrected chi connectivity index (χ2v) is 5.67. The summed E-state index contributed by atoms with van der Waals surface area (Å²) in [6.07, 6.45) is 1.53. The Labute approximate surface area is 117 Å². The van der Waals surface area contributed by atoms with Crippen molar-refractivity contribution in [3.05, 3.63) is 15.6 Å². The molecule has 1 fully saturated rings. The van der Waals surface area contributed by atoms with Crippen molar-refractivity contribution in [1.29, 1.82) is 0 Å². The zero-order chi connectivity index (χ0) is 13.8. The maximum atomic E-state index is 11.2. The summed E-state index contributed by atoms with van der Waals surface area (Å²) in [5.41, 5.74) is 0.701. The number of morpholine rings is 1. The van der Waals surface area contributed by atoms with Gasteiger partial charge in [-0.2, -0.15) is 0 Å². The summed E-state index contributed by atoms with van der Waals surface area (Å²) in [6.45, 7) is 7.55. The van der Waals surface area contributed by atoms with Crippen LogP contribution in [-0.2, 0) is 11.2 Å². The van der Waals surface area contributed by atoms with Gasteiger partial charge in [-0.1, -0.05) is 20.3 Å². The number of aromatic carboxylic acids is 1. The highest BCUT2D eigenvalue weighted by atomic mass is 32.1. The van der Waals surface area contributed by atoms with Gasteiger partial charge in [0.2, 0.25) is 0 Å². The van der Waals surface area contributed by atoms with Crippen LogP contribution < -0.4 is 0 Å². The van der Waals surface area contributed by atoms with Crippen LogP contribution in [0.2, 0.25) is 0 Å². The summed E-state index contributed by atoms with van der Waals surface area (Å²) in [7, 11) is 0. The Morgan fingerprint density at radius 2 is 2.37 bits per heavy atom. The van der Waals surface area contributed by atoms with Gasteiger partial charge >= 0.3 is 5.97 Å². The Morgan fingerprint density at radius 3 is 3.00 bits per heavy atom. The molecule has 2 rings (SSSR count). The average molecular weight is 284 g/mol. The maximum Gasteiger partial charge on any atom is 0.347 e. The first kappa shape index (κ1) is 14.4. The van der Waals surface area contributed by atoms with Crippen LogP contribution in [0.25, 0.3) is 0 Å². The molecule has 19 heavy (non-hydrogen) atoms. The van der Waals surface area contributed by atoms with Crippen LogP contribution in [0.4, 0.5) is 0 Å². The number of rotatable bonds is 5. The average Bonchev–Trinajstić information content (AvgIpc) is 2.83. The molecule has 1 saturated heterocycles. The van der Waals surface area contributed by atoms with E-state index in [9.17, 15) is 9.90 Å². The number of ether oxygens (including phenoxy) is 1. The smallest absolute Gasteiger partial charge is 0.347 e. The van der Waals surface area contributed by atoms with Crippen LogP contribution in [0.1, 0.15) is 46.7 Å². The number of carbonyl (C=O) groups is 1. The summed E-state index contributed by atoms with van der Waals surface area (Å²) in [4.78, 5) is 18.4. The molecule has 1 unspecified atom stereocenters. The van der Waals surface area contributed by atoms with Gasteiger partial charge in [-0.3, -0.25) is 4.90 Å². The van der Waals surface area contributed by atoms with Gasteiger partial charge in [-0.15, -0.1) is 11.3 Å². The highest BCUT2D eigenvalue weighted by Gasteiger charge is 2.26. The molecule has 0 radical (unpaired) electrons. The minimum atomic E-state index is -0.879. The monoisotopic (exact) mass is 284 g/mol. The van der Waals surface area contributed by atoms with E-state index in [1.165, 1.54) is 11.3 Å². The quantitative estimate of drug-likeness (QED) is 0.898. The van der Waals surface area contributed by atoms with Crippen molar-refractivity contribution in [3.63, 3.8) is 0 Å². The second-order valence-electron chi connectivity index (χ2n) is 4.64. The fourth-order valence-corrected chi connectivity index (χ4v) is 3.21. The zero-order valence-corrected chi connectivity index (χ0v) is 12.2. The predicted molar refractivity (Wildman–Crippen MR) is 73.9 cm³/mol. The first-order valence-electron chi connectivity index (χ1n) is 6.72. The third-order valence-corrected chi connectivity index (χ3v) is 4.45. The molecule has 106 valence electrons. The number of thiazole rings is 1. The van der Waals surface area contributed by atoms with Crippen LogP contribution in [-0.4, -0.2) is 47.2 Å². The van der Waals surface area contributed by atoms with Gasteiger partial charge in [0.15, 0.2) is 0 Å². The van der Waals surface area contributed by atoms with Crippen molar-refractivity contribution in [3.8, 4) is 0 Å².